The number of nitrogens with zero attached hydrogens (tertiary/aromatic N) is 2. The zero-order valence-electron chi connectivity index (χ0n) is 12.5. The summed E-state index contributed by atoms with van der Waals surface area (Å²) in [7, 11) is 0. The zero-order chi connectivity index (χ0) is 17.3. The highest BCUT2D eigenvalue weighted by atomic mass is 19.4. The van der Waals surface area contributed by atoms with Crippen molar-refractivity contribution in [1.82, 2.24) is 4.98 Å². The number of aromatic nitrogens is 1. The number of carbonyl (C=O) groups is 1. The summed E-state index contributed by atoms with van der Waals surface area (Å²) in [6.45, 7) is 0.570. The van der Waals surface area contributed by atoms with Crippen LogP contribution in [0.25, 0.3) is 0 Å². The van der Waals surface area contributed by atoms with E-state index in [2.05, 4.69) is 4.98 Å². The van der Waals surface area contributed by atoms with E-state index >= 15 is 0 Å². The Morgan fingerprint density at radius 1 is 1.21 bits per heavy atom. The lowest BCUT2D eigenvalue weighted by molar-refractivity contribution is -0.137. The highest BCUT2D eigenvalue weighted by Gasteiger charge is 2.35. The van der Waals surface area contributed by atoms with Crippen molar-refractivity contribution >= 4 is 11.7 Å². The topological polar surface area (TPSA) is 68.5 Å². The molecule has 8 heteroatoms. The van der Waals surface area contributed by atoms with Crippen molar-refractivity contribution in [1.29, 1.82) is 0 Å². The van der Waals surface area contributed by atoms with Gasteiger partial charge in [0.15, 0.2) is 11.6 Å². The first-order chi connectivity index (χ1) is 11.4. The average Bonchev–Trinajstić information content (AvgIpc) is 2.66. The van der Waals surface area contributed by atoms with Crippen LogP contribution in [0.15, 0.2) is 36.5 Å². The molecule has 5 nitrogen and oxygen atoms in total. The predicted molar refractivity (Wildman–Crippen MR) is 81.1 cm³/mol. The van der Waals surface area contributed by atoms with E-state index in [1.54, 1.807) is 18.2 Å². The minimum absolute atomic E-state index is 0.0534. The maximum atomic E-state index is 12.9. The normalized spacial score (nSPS) is 13.8. The molecule has 1 amide bonds. The first kappa shape index (κ1) is 16.3. The van der Waals surface area contributed by atoms with Gasteiger partial charge in [0.05, 0.1) is 11.1 Å². The third-order valence-corrected chi connectivity index (χ3v) is 3.58. The number of nitrogens with two attached hydrogens (primary N) is 1. The first-order valence-electron chi connectivity index (χ1n) is 7.28. The molecule has 0 spiro atoms. The number of ether oxygens (including phenoxy) is 1. The van der Waals surface area contributed by atoms with Crippen LogP contribution in [0.3, 0.4) is 0 Å². The summed E-state index contributed by atoms with van der Waals surface area (Å²) >= 11 is 0. The van der Waals surface area contributed by atoms with Gasteiger partial charge in [-0.05, 0) is 31.2 Å². The number of amides is 1. The Labute approximate surface area is 135 Å². The third-order valence-electron chi connectivity index (χ3n) is 3.58. The standard InChI is InChI=1S/C16H14F3N3O2/c17-16(18,19)10-8-13-14(21-9-10)22(7-3-6-20)15(23)11-4-1-2-5-12(11)24-13/h1-2,4-5,8-9H,3,6-7,20H2. The smallest absolute Gasteiger partial charge is 0.418 e. The van der Waals surface area contributed by atoms with Gasteiger partial charge in [-0.25, -0.2) is 4.98 Å². The molecule has 1 aliphatic rings. The summed E-state index contributed by atoms with van der Waals surface area (Å²) < 4.78 is 44.4. The number of hydrogen-bond acceptors (Lipinski definition) is 4. The predicted octanol–water partition coefficient (Wildman–Crippen LogP) is 3.20. The lowest BCUT2D eigenvalue weighted by Crippen LogP contribution is -2.33. The molecule has 0 atom stereocenters. The molecule has 1 aromatic heterocycles. The maximum absolute atomic E-state index is 12.9. The number of rotatable bonds is 3. The molecule has 3 rings (SSSR count). The van der Waals surface area contributed by atoms with E-state index in [-0.39, 0.29) is 35.3 Å². The van der Waals surface area contributed by atoms with Gasteiger partial charge >= 0.3 is 6.18 Å². The van der Waals surface area contributed by atoms with Crippen LogP contribution in [-0.4, -0.2) is 24.0 Å². The summed E-state index contributed by atoms with van der Waals surface area (Å²) in [5.74, 6) is -0.247. The number of benzene rings is 1. The number of pyridine rings is 1. The summed E-state index contributed by atoms with van der Waals surface area (Å²) in [6, 6.07) is 7.24. The molecule has 0 saturated carbocycles. The van der Waals surface area contributed by atoms with E-state index in [4.69, 9.17) is 10.5 Å². The highest BCUT2D eigenvalue weighted by Crippen LogP contribution is 2.40. The van der Waals surface area contributed by atoms with E-state index in [1.807, 2.05) is 0 Å². The largest absolute Gasteiger partial charge is 0.453 e. The summed E-state index contributed by atoms with van der Waals surface area (Å²) in [5, 5.41) is 0. The first-order valence-corrected chi connectivity index (χ1v) is 7.28. The van der Waals surface area contributed by atoms with Gasteiger partial charge in [0.2, 0.25) is 0 Å². The van der Waals surface area contributed by atoms with Gasteiger partial charge in [-0.15, -0.1) is 0 Å². The van der Waals surface area contributed by atoms with Gasteiger partial charge in [0, 0.05) is 12.7 Å². The number of hydrogen-bond donors (Lipinski definition) is 1. The average molecular weight is 337 g/mol. The van der Waals surface area contributed by atoms with Gasteiger partial charge in [-0.2, -0.15) is 13.2 Å². The van der Waals surface area contributed by atoms with Crippen LogP contribution in [0.4, 0.5) is 19.0 Å². The molecule has 0 saturated heterocycles. The second kappa shape index (κ2) is 6.12. The lowest BCUT2D eigenvalue weighted by atomic mass is 10.1. The van der Waals surface area contributed by atoms with Crippen LogP contribution >= 0.6 is 0 Å². The van der Waals surface area contributed by atoms with Crippen molar-refractivity contribution in [2.24, 2.45) is 5.73 Å². The van der Waals surface area contributed by atoms with Crippen LogP contribution in [0.2, 0.25) is 0 Å². The second-order valence-corrected chi connectivity index (χ2v) is 5.24. The maximum Gasteiger partial charge on any atom is 0.418 e. The molecular weight excluding hydrogens is 323 g/mol. The fourth-order valence-electron chi connectivity index (χ4n) is 2.42. The monoisotopic (exact) mass is 337 g/mol. The Bertz CT molecular complexity index is 777. The Hall–Kier alpha value is -2.61. The van der Waals surface area contributed by atoms with Crippen molar-refractivity contribution in [3.05, 3.63) is 47.7 Å². The quantitative estimate of drug-likeness (QED) is 0.934. The molecular formula is C16H14F3N3O2. The minimum atomic E-state index is -4.55. The molecule has 0 aliphatic carbocycles. The minimum Gasteiger partial charge on any atom is -0.453 e. The highest BCUT2D eigenvalue weighted by molar-refractivity contribution is 6.09. The lowest BCUT2D eigenvalue weighted by Gasteiger charge is -2.21. The molecule has 1 aromatic carbocycles. The number of para-hydroxylation sites is 1. The molecule has 0 bridgehead atoms. The van der Waals surface area contributed by atoms with Crippen molar-refractivity contribution in [3.63, 3.8) is 0 Å². The van der Waals surface area contributed by atoms with Crippen LogP contribution in [0, 0.1) is 0 Å². The zero-order valence-corrected chi connectivity index (χ0v) is 12.5. The molecule has 2 heterocycles. The number of halogens is 3. The Morgan fingerprint density at radius 3 is 2.67 bits per heavy atom. The number of carbonyl (C=O) groups excluding carboxylic acids is 1. The van der Waals surface area contributed by atoms with Crippen LogP contribution in [-0.2, 0) is 6.18 Å². The molecule has 0 radical (unpaired) electrons. The molecule has 0 unspecified atom stereocenters. The molecule has 2 aromatic rings. The SMILES string of the molecule is NCCCN1C(=O)c2ccccc2Oc2cc(C(F)(F)F)cnc21. The van der Waals surface area contributed by atoms with E-state index in [0.717, 1.165) is 6.07 Å². The van der Waals surface area contributed by atoms with Crippen molar-refractivity contribution < 1.29 is 22.7 Å². The van der Waals surface area contributed by atoms with Gasteiger partial charge in [-0.1, -0.05) is 12.1 Å². The Morgan fingerprint density at radius 2 is 1.96 bits per heavy atom. The van der Waals surface area contributed by atoms with Gasteiger partial charge in [0.1, 0.15) is 5.75 Å². The fraction of sp³-hybridized carbons (Fsp3) is 0.250. The van der Waals surface area contributed by atoms with Crippen LogP contribution in [0.1, 0.15) is 22.3 Å². The number of fused-ring (bicyclic) bond motifs is 2. The van der Waals surface area contributed by atoms with Crippen molar-refractivity contribution in [2.75, 3.05) is 18.0 Å². The van der Waals surface area contributed by atoms with Gasteiger partial charge < -0.3 is 10.5 Å². The number of anilines is 1. The second-order valence-electron chi connectivity index (χ2n) is 5.24. The van der Waals surface area contributed by atoms with E-state index in [1.165, 1.54) is 11.0 Å². The number of alkyl halides is 3. The Kier molecular flexibility index (Phi) is 4.15. The molecule has 2 N–H and O–H groups in total. The van der Waals surface area contributed by atoms with Crippen LogP contribution < -0.4 is 15.4 Å². The fourth-order valence-corrected chi connectivity index (χ4v) is 2.42. The summed E-state index contributed by atoms with van der Waals surface area (Å²) in [6.07, 6.45) is -3.37. The van der Waals surface area contributed by atoms with E-state index in [9.17, 15) is 18.0 Å². The van der Waals surface area contributed by atoms with Crippen molar-refractivity contribution in [3.8, 4) is 11.5 Å². The summed E-state index contributed by atoms with van der Waals surface area (Å²) in [5.41, 5.74) is 4.81. The van der Waals surface area contributed by atoms with E-state index < -0.39 is 11.7 Å². The van der Waals surface area contributed by atoms with Crippen LogP contribution in [0.5, 0.6) is 11.5 Å². The molecule has 126 valence electrons. The molecule has 1 aliphatic heterocycles. The van der Waals surface area contributed by atoms with Gasteiger partial charge in [-0.3, -0.25) is 9.69 Å². The Balaban J connectivity index is 2.14. The van der Waals surface area contributed by atoms with Crippen molar-refractivity contribution in [2.45, 2.75) is 12.6 Å². The third kappa shape index (κ3) is 2.92. The van der Waals surface area contributed by atoms with E-state index in [0.29, 0.717) is 19.2 Å². The molecule has 0 fully saturated rings. The summed E-state index contributed by atoms with van der Waals surface area (Å²) in [4.78, 5) is 17.9. The molecule has 24 heavy (non-hydrogen) atoms. The van der Waals surface area contributed by atoms with Gasteiger partial charge in [0.25, 0.3) is 5.91 Å².